The molecule has 1 saturated carbocycles. The third-order valence-electron chi connectivity index (χ3n) is 4.37. The molecular weight excluding hydrogens is 238 g/mol. The fourth-order valence-corrected chi connectivity index (χ4v) is 3.08. The van der Waals surface area contributed by atoms with Gasteiger partial charge in [-0.25, -0.2) is 4.68 Å². The maximum atomic E-state index is 4.85. The molecule has 1 aliphatic carbocycles. The van der Waals surface area contributed by atoms with E-state index in [9.17, 15) is 0 Å². The lowest BCUT2D eigenvalue weighted by Gasteiger charge is -2.24. The van der Waals surface area contributed by atoms with E-state index in [1.54, 1.807) is 0 Å². The van der Waals surface area contributed by atoms with E-state index in [0.717, 1.165) is 24.7 Å². The molecule has 1 aliphatic heterocycles. The summed E-state index contributed by atoms with van der Waals surface area (Å²) in [6.07, 6.45) is 6.41. The number of nitrogens with one attached hydrogen (secondary N) is 1. The molecule has 0 radical (unpaired) electrons. The molecule has 0 aromatic carbocycles. The molecule has 2 aromatic rings. The highest BCUT2D eigenvalue weighted by atomic mass is 15.4. The van der Waals surface area contributed by atoms with E-state index in [4.69, 9.17) is 5.10 Å². The van der Waals surface area contributed by atoms with Crippen LogP contribution in [0, 0.1) is 5.92 Å². The molecule has 100 valence electrons. The predicted molar refractivity (Wildman–Crippen MR) is 73.2 cm³/mol. The number of anilines is 1. The van der Waals surface area contributed by atoms with Crippen LogP contribution in [-0.4, -0.2) is 26.1 Å². The molecule has 5 heteroatoms. The van der Waals surface area contributed by atoms with Crippen molar-refractivity contribution in [3.05, 3.63) is 29.7 Å². The van der Waals surface area contributed by atoms with Crippen molar-refractivity contribution in [3.63, 3.8) is 0 Å². The second-order valence-electron chi connectivity index (χ2n) is 5.90. The first-order valence-electron chi connectivity index (χ1n) is 7.04. The highest BCUT2D eigenvalue weighted by Crippen LogP contribution is 2.47. The normalized spacial score (nSPS) is 28.8. The molecule has 4 rings (SSSR count). The lowest BCUT2D eigenvalue weighted by molar-refractivity contribution is 0.477. The van der Waals surface area contributed by atoms with Gasteiger partial charge in [0.25, 0.3) is 0 Å². The van der Waals surface area contributed by atoms with Gasteiger partial charge in [-0.15, -0.1) is 0 Å². The third kappa shape index (κ3) is 1.76. The van der Waals surface area contributed by atoms with E-state index < -0.39 is 0 Å². The van der Waals surface area contributed by atoms with Gasteiger partial charge in [0.2, 0.25) is 0 Å². The molecule has 5 nitrogen and oxygen atoms in total. The summed E-state index contributed by atoms with van der Waals surface area (Å²) in [5.74, 6) is 2.64. The highest BCUT2D eigenvalue weighted by molar-refractivity contribution is 5.43. The molecule has 1 fully saturated rings. The molecule has 19 heavy (non-hydrogen) atoms. The lowest BCUT2D eigenvalue weighted by atomic mass is 10.1. The molecule has 0 amide bonds. The van der Waals surface area contributed by atoms with Crippen LogP contribution < -0.4 is 5.32 Å². The highest BCUT2D eigenvalue weighted by Gasteiger charge is 2.37. The van der Waals surface area contributed by atoms with Crippen molar-refractivity contribution in [2.45, 2.75) is 31.7 Å². The molecule has 3 unspecified atom stereocenters. The summed E-state index contributed by atoms with van der Waals surface area (Å²) in [6, 6.07) is 2.56. The van der Waals surface area contributed by atoms with Crippen molar-refractivity contribution in [3.8, 4) is 0 Å². The van der Waals surface area contributed by atoms with E-state index in [2.05, 4.69) is 34.3 Å². The van der Waals surface area contributed by atoms with Crippen LogP contribution in [0.1, 0.15) is 43.0 Å². The molecule has 2 aliphatic rings. The Labute approximate surface area is 112 Å². The first-order valence-corrected chi connectivity index (χ1v) is 7.04. The molecule has 1 N–H and O–H groups in total. The molecule has 0 spiro atoms. The molecule has 0 saturated heterocycles. The molecule has 3 heterocycles. The van der Waals surface area contributed by atoms with Crippen LogP contribution in [-0.2, 0) is 7.05 Å². The zero-order chi connectivity index (χ0) is 13.0. The van der Waals surface area contributed by atoms with E-state index in [1.165, 1.54) is 17.7 Å². The smallest absolute Gasteiger partial charge is 0.125 e. The Hall–Kier alpha value is -1.78. The molecular formula is C14H19N5. The zero-order valence-electron chi connectivity index (χ0n) is 11.4. The Morgan fingerprint density at radius 2 is 2.26 bits per heavy atom. The average Bonchev–Trinajstić information content (AvgIpc) is 2.82. The van der Waals surface area contributed by atoms with Crippen molar-refractivity contribution < 1.29 is 0 Å². The lowest BCUT2D eigenvalue weighted by Crippen LogP contribution is -2.24. The van der Waals surface area contributed by atoms with Gasteiger partial charge in [-0.1, -0.05) is 6.92 Å². The van der Waals surface area contributed by atoms with Crippen LogP contribution in [0.25, 0.3) is 0 Å². The molecule has 3 atom stereocenters. The van der Waals surface area contributed by atoms with Gasteiger partial charge in [0.15, 0.2) is 0 Å². The van der Waals surface area contributed by atoms with E-state index in [-0.39, 0.29) is 0 Å². The van der Waals surface area contributed by atoms with Crippen molar-refractivity contribution in [2.24, 2.45) is 13.0 Å². The van der Waals surface area contributed by atoms with Crippen LogP contribution in [0.15, 0.2) is 18.5 Å². The number of fused-ring (bicyclic) bond motifs is 1. The average molecular weight is 257 g/mol. The Kier molecular flexibility index (Phi) is 2.25. The Bertz CT molecular complexity index is 611. The van der Waals surface area contributed by atoms with E-state index in [0.29, 0.717) is 12.0 Å². The minimum absolute atomic E-state index is 0.327. The number of hydrogen-bond acceptors (Lipinski definition) is 3. The second-order valence-corrected chi connectivity index (χ2v) is 5.90. The second kappa shape index (κ2) is 3.85. The number of aromatic nitrogens is 4. The Morgan fingerprint density at radius 3 is 2.95 bits per heavy atom. The number of nitrogens with zero attached hydrogens (tertiary/aromatic N) is 4. The molecule has 0 bridgehead atoms. The van der Waals surface area contributed by atoms with Crippen molar-refractivity contribution in [1.82, 2.24) is 19.6 Å². The summed E-state index contributed by atoms with van der Waals surface area (Å²) in [5, 5.41) is 12.6. The Morgan fingerprint density at radius 1 is 1.42 bits per heavy atom. The van der Waals surface area contributed by atoms with Gasteiger partial charge in [-0.05, 0) is 18.8 Å². The SMILES string of the molecule is CC1CC1c1cc2n(n1)C(c1cnn(C)c1)CCN2. The maximum Gasteiger partial charge on any atom is 0.125 e. The minimum Gasteiger partial charge on any atom is -0.370 e. The number of aryl methyl sites for hydroxylation is 1. The summed E-state index contributed by atoms with van der Waals surface area (Å²) in [4.78, 5) is 0. The maximum absolute atomic E-state index is 4.85. The van der Waals surface area contributed by atoms with Crippen molar-refractivity contribution in [2.75, 3.05) is 11.9 Å². The fourth-order valence-electron chi connectivity index (χ4n) is 3.08. The largest absolute Gasteiger partial charge is 0.370 e. The van der Waals surface area contributed by atoms with Gasteiger partial charge in [0, 0.05) is 37.3 Å². The van der Waals surface area contributed by atoms with Crippen LogP contribution in [0.3, 0.4) is 0 Å². The summed E-state index contributed by atoms with van der Waals surface area (Å²) in [5.41, 5.74) is 2.51. The number of rotatable bonds is 2. The van der Waals surface area contributed by atoms with Gasteiger partial charge in [0.05, 0.1) is 17.9 Å². The summed E-state index contributed by atoms with van der Waals surface area (Å²) in [7, 11) is 1.96. The van der Waals surface area contributed by atoms with Crippen LogP contribution in [0.5, 0.6) is 0 Å². The summed E-state index contributed by atoms with van der Waals surface area (Å²) >= 11 is 0. The van der Waals surface area contributed by atoms with Crippen molar-refractivity contribution >= 4 is 5.82 Å². The summed E-state index contributed by atoms with van der Waals surface area (Å²) < 4.78 is 4.02. The molecule has 2 aromatic heterocycles. The quantitative estimate of drug-likeness (QED) is 0.896. The van der Waals surface area contributed by atoms with Crippen LogP contribution in [0.4, 0.5) is 5.82 Å². The number of hydrogen-bond donors (Lipinski definition) is 1. The van der Waals surface area contributed by atoms with Gasteiger partial charge >= 0.3 is 0 Å². The summed E-state index contributed by atoms with van der Waals surface area (Å²) in [6.45, 7) is 3.31. The first-order chi connectivity index (χ1) is 9.22. The van der Waals surface area contributed by atoms with Crippen LogP contribution >= 0.6 is 0 Å². The van der Waals surface area contributed by atoms with Crippen molar-refractivity contribution in [1.29, 1.82) is 0 Å². The van der Waals surface area contributed by atoms with Gasteiger partial charge in [-0.3, -0.25) is 4.68 Å². The monoisotopic (exact) mass is 257 g/mol. The standard InChI is InChI=1S/C14H19N5/c1-9-5-11(9)12-6-14-15-4-3-13(19(14)17-12)10-7-16-18(2)8-10/h6-9,11,13,15H,3-5H2,1-2H3. The van der Waals surface area contributed by atoms with E-state index >= 15 is 0 Å². The first kappa shape index (κ1) is 11.1. The predicted octanol–water partition coefficient (Wildman–Crippen LogP) is 2.14. The fraction of sp³-hybridized carbons (Fsp3) is 0.571. The van der Waals surface area contributed by atoms with Gasteiger partial charge in [0.1, 0.15) is 5.82 Å². The van der Waals surface area contributed by atoms with Gasteiger partial charge in [-0.2, -0.15) is 10.2 Å². The Balaban J connectivity index is 1.71. The van der Waals surface area contributed by atoms with Gasteiger partial charge < -0.3 is 5.32 Å². The topological polar surface area (TPSA) is 47.7 Å². The zero-order valence-corrected chi connectivity index (χ0v) is 11.4. The minimum atomic E-state index is 0.327. The van der Waals surface area contributed by atoms with Crippen LogP contribution in [0.2, 0.25) is 0 Å². The van der Waals surface area contributed by atoms with E-state index in [1.807, 2.05) is 17.9 Å². The third-order valence-corrected chi connectivity index (χ3v) is 4.37.